The van der Waals surface area contributed by atoms with Crippen molar-refractivity contribution in [1.82, 2.24) is 14.9 Å². The minimum absolute atomic E-state index is 0.274. The maximum atomic E-state index is 13.0. The molecule has 3 aromatic rings. The molecule has 1 aromatic heterocycles. The number of anilines is 1. The second-order valence-electron chi connectivity index (χ2n) is 6.45. The topological polar surface area (TPSA) is 76.0 Å². The molecule has 0 saturated heterocycles. The number of nitrogens with zero attached hydrogens (tertiary/aromatic N) is 2. The van der Waals surface area contributed by atoms with Crippen LogP contribution in [0.5, 0.6) is 0 Å². The van der Waals surface area contributed by atoms with Crippen LogP contribution in [0.3, 0.4) is 0 Å². The van der Waals surface area contributed by atoms with Gasteiger partial charge in [0.25, 0.3) is 5.91 Å². The number of carbonyl (C=O) groups is 2. The Hall–Kier alpha value is -2.32. The summed E-state index contributed by atoms with van der Waals surface area (Å²) in [5, 5.41) is 5.78. The van der Waals surface area contributed by atoms with Crippen molar-refractivity contribution < 1.29 is 9.59 Å². The van der Waals surface area contributed by atoms with Crippen molar-refractivity contribution in [2.75, 3.05) is 17.3 Å². The summed E-state index contributed by atoms with van der Waals surface area (Å²) in [5.74, 6) is 0.675. The van der Waals surface area contributed by atoms with E-state index in [-0.39, 0.29) is 11.8 Å². The lowest BCUT2D eigenvalue weighted by Gasteiger charge is -2.18. The number of halogens is 1. The molecule has 152 valence electrons. The number of aromatic nitrogens is 2. The van der Waals surface area contributed by atoms with Crippen LogP contribution in [0.1, 0.15) is 23.7 Å². The molecular weight excluding hydrogens is 452 g/mol. The third kappa shape index (κ3) is 5.00. The summed E-state index contributed by atoms with van der Waals surface area (Å²) in [4.78, 5) is 30.3. The normalized spacial score (nSPS) is 12.0. The first-order valence-electron chi connectivity index (χ1n) is 9.35. The van der Waals surface area contributed by atoms with Gasteiger partial charge in [0.1, 0.15) is 6.04 Å². The number of rotatable bonds is 8. The van der Waals surface area contributed by atoms with Gasteiger partial charge in [-0.15, -0.1) is 0 Å². The highest BCUT2D eigenvalue weighted by Crippen LogP contribution is 2.20. The monoisotopic (exact) mass is 474 g/mol. The van der Waals surface area contributed by atoms with Gasteiger partial charge in [-0.1, -0.05) is 24.3 Å². The lowest BCUT2D eigenvalue weighted by atomic mass is 10.1. The second-order valence-corrected chi connectivity index (χ2v) is 8.28. The Kier molecular flexibility index (Phi) is 7.33. The molecule has 0 aliphatic rings. The zero-order chi connectivity index (χ0) is 20.8. The summed E-state index contributed by atoms with van der Waals surface area (Å²) in [5.41, 5.74) is 2.28. The predicted octanol–water partition coefficient (Wildman–Crippen LogP) is 4.31. The van der Waals surface area contributed by atoms with Crippen molar-refractivity contribution in [2.45, 2.75) is 25.9 Å². The van der Waals surface area contributed by atoms with Crippen molar-refractivity contribution in [3.8, 4) is 0 Å². The molecule has 0 aliphatic heterocycles. The van der Waals surface area contributed by atoms with Crippen LogP contribution in [0.2, 0.25) is 0 Å². The fourth-order valence-corrected chi connectivity index (χ4v) is 4.01. The van der Waals surface area contributed by atoms with Gasteiger partial charge in [-0.25, -0.2) is 4.98 Å². The number of para-hydroxylation sites is 2. The highest BCUT2D eigenvalue weighted by atomic mass is 79.9. The van der Waals surface area contributed by atoms with E-state index < -0.39 is 6.04 Å². The molecule has 0 fully saturated rings. The molecule has 29 heavy (non-hydrogen) atoms. The fourth-order valence-electron chi connectivity index (χ4n) is 3.07. The van der Waals surface area contributed by atoms with Crippen molar-refractivity contribution in [3.63, 3.8) is 0 Å². The van der Waals surface area contributed by atoms with Crippen LogP contribution in [0, 0.1) is 0 Å². The molecule has 0 bridgehead atoms. The van der Waals surface area contributed by atoms with E-state index >= 15 is 0 Å². The molecule has 0 saturated carbocycles. The molecule has 2 N–H and O–H groups in total. The number of fused-ring (bicyclic) bond motifs is 1. The number of imidazole rings is 1. The van der Waals surface area contributed by atoms with E-state index in [0.717, 1.165) is 16.8 Å². The Labute approximate surface area is 182 Å². The Bertz CT molecular complexity index is 1020. The molecule has 6 nitrogen and oxygen atoms in total. The summed E-state index contributed by atoms with van der Waals surface area (Å²) in [7, 11) is 0. The van der Waals surface area contributed by atoms with Gasteiger partial charge in [0.2, 0.25) is 11.9 Å². The highest BCUT2D eigenvalue weighted by molar-refractivity contribution is 9.10. The zero-order valence-electron chi connectivity index (χ0n) is 16.3. The molecular formula is C21H23BrN4O2S. The molecule has 0 spiro atoms. The number of benzene rings is 2. The smallest absolute Gasteiger partial charge is 0.253 e. The predicted molar refractivity (Wildman–Crippen MR) is 122 cm³/mol. The summed E-state index contributed by atoms with van der Waals surface area (Å²) in [6.45, 7) is 2.68. The fraction of sp³-hybridized carbons (Fsp3) is 0.286. The molecule has 3 rings (SSSR count). The van der Waals surface area contributed by atoms with Crippen LogP contribution in [0.25, 0.3) is 11.0 Å². The van der Waals surface area contributed by atoms with Gasteiger partial charge in [0.15, 0.2) is 0 Å². The van der Waals surface area contributed by atoms with Gasteiger partial charge in [0, 0.05) is 11.0 Å². The summed E-state index contributed by atoms with van der Waals surface area (Å²) in [6, 6.07) is 14.2. The molecule has 0 aliphatic carbocycles. The summed E-state index contributed by atoms with van der Waals surface area (Å²) in [6.07, 6.45) is 2.50. The molecule has 0 radical (unpaired) electrons. The molecule has 1 atom stereocenters. The van der Waals surface area contributed by atoms with Crippen LogP contribution >= 0.6 is 27.7 Å². The zero-order valence-corrected chi connectivity index (χ0v) is 18.7. The molecule has 0 unspecified atom stereocenters. The molecule has 2 amide bonds. The number of nitrogens with one attached hydrogen (secondary N) is 2. The number of amides is 2. The average Bonchev–Trinajstić information content (AvgIpc) is 3.08. The Morgan fingerprint density at radius 1 is 1.17 bits per heavy atom. The molecule has 2 aromatic carbocycles. The van der Waals surface area contributed by atoms with Crippen LogP contribution in [-0.2, 0) is 11.3 Å². The van der Waals surface area contributed by atoms with Crippen LogP contribution in [-0.4, -0.2) is 39.4 Å². The first-order valence-corrected chi connectivity index (χ1v) is 11.5. The standard InChI is InChI=1S/C21H23BrN4O2S/c1-3-26-18-11-7-6-10-16(18)24-21(26)25-20(28)17(12-13-29-2)23-19(27)14-8-4-5-9-15(14)22/h4-11,17H,3,12-13H2,1-2H3,(H,23,27)(H,24,25,28)/t17-/m1/s1. The number of carbonyl (C=O) groups excluding carboxylic acids is 2. The third-order valence-corrected chi connectivity index (χ3v) is 5.89. The van der Waals surface area contributed by atoms with Crippen LogP contribution in [0.15, 0.2) is 53.0 Å². The van der Waals surface area contributed by atoms with Gasteiger partial charge in [-0.3, -0.25) is 14.9 Å². The lowest BCUT2D eigenvalue weighted by Crippen LogP contribution is -2.44. The van der Waals surface area contributed by atoms with Crippen molar-refractivity contribution in [1.29, 1.82) is 0 Å². The van der Waals surface area contributed by atoms with Gasteiger partial charge < -0.3 is 9.88 Å². The highest BCUT2D eigenvalue weighted by Gasteiger charge is 2.24. The van der Waals surface area contributed by atoms with E-state index in [4.69, 9.17) is 0 Å². The van der Waals surface area contributed by atoms with E-state index in [2.05, 4.69) is 31.5 Å². The first kappa shape index (κ1) is 21.4. The maximum Gasteiger partial charge on any atom is 0.253 e. The quantitative estimate of drug-likeness (QED) is 0.509. The van der Waals surface area contributed by atoms with Crippen molar-refractivity contribution in [3.05, 3.63) is 58.6 Å². The summed E-state index contributed by atoms with van der Waals surface area (Å²) < 4.78 is 2.64. The largest absolute Gasteiger partial charge is 0.340 e. The third-order valence-electron chi connectivity index (χ3n) is 4.56. The Balaban J connectivity index is 1.81. The van der Waals surface area contributed by atoms with Crippen LogP contribution < -0.4 is 10.6 Å². The number of thioether (sulfide) groups is 1. The van der Waals surface area contributed by atoms with Crippen LogP contribution in [0.4, 0.5) is 5.95 Å². The number of hydrogen-bond donors (Lipinski definition) is 2. The SMILES string of the molecule is CCn1c(NC(=O)[C@@H](CCSC)NC(=O)c2ccccc2Br)nc2ccccc21. The van der Waals surface area contributed by atoms with Gasteiger partial charge in [-0.2, -0.15) is 11.8 Å². The lowest BCUT2D eigenvalue weighted by molar-refractivity contribution is -0.118. The summed E-state index contributed by atoms with van der Waals surface area (Å²) >= 11 is 5.02. The second kappa shape index (κ2) is 9.93. The Morgan fingerprint density at radius 2 is 1.90 bits per heavy atom. The van der Waals surface area contributed by atoms with E-state index in [0.29, 0.717) is 29.0 Å². The average molecular weight is 475 g/mol. The van der Waals surface area contributed by atoms with E-state index in [1.807, 2.05) is 48.1 Å². The van der Waals surface area contributed by atoms with E-state index in [9.17, 15) is 9.59 Å². The number of aryl methyl sites for hydroxylation is 1. The maximum absolute atomic E-state index is 13.0. The minimum Gasteiger partial charge on any atom is -0.340 e. The first-order chi connectivity index (χ1) is 14.0. The molecule has 8 heteroatoms. The van der Waals surface area contributed by atoms with Gasteiger partial charge >= 0.3 is 0 Å². The molecule has 1 heterocycles. The van der Waals surface area contributed by atoms with E-state index in [1.165, 1.54) is 0 Å². The van der Waals surface area contributed by atoms with Gasteiger partial charge in [0.05, 0.1) is 16.6 Å². The van der Waals surface area contributed by atoms with E-state index in [1.54, 1.807) is 30.0 Å². The van der Waals surface area contributed by atoms with Crippen molar-refractivity contribution >= 4 is 56.5 Å². The Morgan fingerprint density at radius 3 is 2.62 bits per heavy atom. The van der Waals surface area contributed by atoms with Gasteiger partial charge in [-0.05, 0) is 65.5 Å². The van der Waals surface area contributed by atoms with Crippen molar-refractivity contribution in [2.24, 2.45) is 0 Å². The minimum atomic E-state index is -0.660. The number of hydrogen-bond acceptors (Lipinski definition) is 4.